The molecule has 224 valence electrons. The van der Waals surface area contributed by atoms with Gasteiger partial charge in [-0.05, 0) is 66.6 Å². The molecule has 0 fully saturated rings. The van der Waals surface area contributed by atoms with Crippen molar-refractivity contribution < 1.29 is 41.1 Å². The standard InChI is InChI=1S/C24H24ClN5O4S.C2HF3O2/c1-15(29-22(31)13-23(32)30-19-5-2-17(3-6-19)24(26)27)18-4-7-21(20(25)12-18)35(33,34)14-16-8-10-28-11-9-16;3-2(4,5)1(6)7/h2-12,15H,13-14H2,1H3,(H3,26,27)(H,29,31)(H,30,32);(H,6,7). The second kappa shape index (κ2) is 14.4. The first kappa shape index (κ1) is 33.7. The number of hydrogen-bond donors (Lipinski definition) is 5. The van der Waals surface area contributed by atoms with E-state index in [4.69, 9.17) is 32.6 Å². The number of amidine groups is 1. The topological polar surface area (TPSA) is 192 Å². The van der Waals surface area contributed by atoms with Crippen molar-refractivity contribution in [3.8, 4) is 0 Å². The summed E-state index contributed by atoms with van der Waals surface area (Å²) in [6.07, 6.45) is -2.46. The summed E-state index contributed by atoms with van der Waals surface area (Å²) in [5, 5.41) is 19.9. The number of anilines is 1. The number of alkyl halides is 3. The summed E-state index contributed by atoms with van der Waals surface area (Å²) in [5.74, 6) is -4.09. The highest BCUT2D eigenvalue weighted by Crippen LogP contribution is 2.28. The molecule has 3 aromatic rings. The minimum Gasteiger partial charge on any atom is -0.475 e. The number of hydrogen-bond acceptors (Lipinski definition) is 7. The molecule has 1 aromatic heterocycles. The molecular weight excluding hydrogens is 603 g/mol. The predicted molar refractivity (Wildman–Crippen MR) is 148 cm³/mol. The van der Waals surface area contributed by atoms with Crippen LogP contribution in [0, 0.1) is 5.41 Å². The van der Waals surface area contributed by atoms with Gasteiger partial charge in [0.2, 0.25) is 11.8 Å². The molecule has 1 atom stereocenters. The highest BCUT2D eigenvalue weighted by molar-refractivity contribution is 7.90. The maximum atomic E-state index is 12.8. The van der Waals surface area contributed by atoms with Crippen LogP contribution in [-0.2, 0) is 30.0 Å². The number of aromatic nitrogens is 1. The Balaban J connectivity index is 0.000000782. The highest BCUT2D eigenvalue weighted by Gasteiger charge is 2.38. The van der Waals surface area contributed by atoms with Crippen LogP contribution in [0.25, 0.3) is 0 Å². The van der Waals surface area contributed by atoms with Crippen LogP contribution in [0.5, 0.6) is 0 Å². The quantitative estimate of drug-likeness (QED) is 0.134. The Bertz CT molecular complexity index is 1550. The van der Waals surface area contributed by atoms with Crippen molar-refractivity contribution in [2.75, 3.05) is 5.32 Å². The smallest absolute Gasteiger partial charge is 0.475 e. The Morgan fingerprint density at radius 3 is 2.12 bits per heavy atom. The fourth-order valence-corrected chi connectivity index (χ4v) is 5.23. The van der Waals surface area contributed by atoms with Gasteiger partial charge in [0.25, 0.3) is 0 Å². The van der Waals surface area contributed by atoms with E-state index in [0.717, 1.165) is 0 Å². The lowest BCUT2D eigenvalue weighted by Crippen LogP contribution is -2.30. The van der Waals surface area contributed by atoms with Crippen molar-refractivity contribution >= 4 is 50.7 Å². The number of carbonyl (C=O) groups excluding carboxylic acids is 2. The van der Waals surface area contributed by atoms with Crippen LogP contribution in [0.4, 0.5) is 18.9 Å². The van der Waals surface area contributed by atoms with Crippen LogP contribution >= 0.6 is 11.6 Å². The molecule has 0 aliphatic heterocycles. The number of rotatable bonds is 9. The van der Waals surface area contributed by atoms with Gasteiger partial charge in [-0.3, -0.25) is 20.0 Å². The number of benzene rings is 2. The largest absolute Gasteiger partial charge is 0.490 e. The summed E-state index contributed by atoms with van der Waals surface area (Å²) in [5.41, 5.74) is 7.57. The van der Waals surface area contributed by atoms with Crippen molar-refractivity contribution in [2.45, 2.75) is 36.2 Å². The number of nitrogen functional groups attached to an aromatic ring is 1. The number of pyridine rings is 1. The molecule has 2 aromatic carbocycles. The Morgan fingerprint density at radius 1 is 1.05 bits per heavy atom. The normalized spacial score (nSPS) is 11.8. The fourth-order valence-electron chi connectivity index (χ4n) is 3.27. The van der Waals surface area contributed by atoms with Gasteiger partial charge in [0.15, 0.2) is 9.84 Å². The number of carbonyl (C=O) groups is 3. The van der Waals surface area contributed by atoms with E-state index in [0.29, 0.717) is 22.4 Å². The number of carboxylic acid groups (broad SMARTS) is 1. The molecule has 0 bridgehead atoms. The Kier molecular flexibility index (Phi) is 11.6. The van der Waals surface area contributed by atoms with Gasteiger partial charge in [0, 0.05) is 23.6 Å². The molecule has 42 heavy (non-hydrogen) atoms. The van der Waals surface area contributed by atoms with Crippen molar-refractivity contribution in [2.24, 2.45) is 5.73 Å². The summed E-state index contributed by atoms with van der Waals surface area (Å²) in [7, 11) is -3.68. The van der Waals surface area contributed by atoms with E-state index >= 15 is 0 Å². The molecule has 11 nitrogen and oxygen atoms in total. The number of aliphatic carboxylic acids is 1. The molecule has 0 saturated carbocycles. The highest BCUT2D eigenvalue weighted by atomic mass is 35.5. The first-order chi connectivity index (χ1) is 19.5. The van der Waals surface area contributed by atoms with Crippen LogP contribution in [0.2, 0.25) is 5.02 Å². The molecule has 6 N–H and O–H groups in total. The summed E-state index contributed by atoms with van der Waals surface area (Å²) < 4.78 is 57.3. The van der Waals surface area contributed by atoms with E-state index in [9.17, 15) is 31.2 Å². The molecule has 0 aliphatic rings. The zero-order chi connectivity index (χ0) is 31.7. The fraction of sp³-hybridized carbons (Fsp3) is 0.192. The molecule has 3 rings (SSSR count). The van der Waals surface area contributed by atoms with E-state index < -0.39 is 46.3 Å². The van der Waals surface area contributed by atoms with Crippen LogP contribution < -0.4 is 16.4 Å². The van der Waals surface area contributed by atoms with Gasteiger partial charge in [0.05, 0.1) is 21.7 Å². The lowest BCUT2D eigenvalue weighted by Gasteiger charge is -2.16. The molecule has 1 unspecified atom stereocenters. The second-order valence-electron chi connectivity index (χ2n) is 8.61. The van der Waals surface area contributed by atoms with E-state index in [1.165, 1.54) is 24.5 Å². The molecule has 1 heterocycles. The SMILES string of the molecule is CC(NC(=O)CC(=O)Nc1ccc(C(=N)N)cc1)c1ccc(S(=O)(=O)Cc2ccncc2)c(Cl)c1.O=C(O)C(F)(F)F. The number of nitrogens with two attached hydrogens (primary N) is 1. The number of nitrogens with zero attached hydrogens (tertiary/aromatic N) is 1. The van der Waals surface area contributed by atoms with Crippen molar-refractivity contribution in [3.63, 3.8) is 0 Å². The molecule has 0 spiro atoms. The molecule has 0 radical (unpaired) electrons. The van der Waals surface area contributed by atoms with Gasteiger partial charge >= 0.3 is 12.1 Å². The monoisotopic (exact) mass is 627 g/mol. The summed E-state index contributed by atoms with van der Waals surface area (Å²) in [4.78, 5) is 37.3. The zero-order valence-corrected chi connectivity index (χ0v) is 23.3. The third-order valence-electron chi connectivity index (χ3n) is 5.32. The molecular formula is C26H25ClF3N5O6S. The predicted octanol–water partition coefficient (Wildman–Crippen LogP) is 3.83. The van der Waals surface area contributed by atoms with Gasteiger partial charge in [0.1, 0.15) is 12.3 Å². The summed E-state index contributed by atoms with van der Waals surface area (Å²) in [6.45, 7) is 1.70. The van der Waals surface area contributed by atoms with Crippen LogP contribution in [0.15, 0.2) is 71.9 Å². The van der Waals surface area contributed by atoms with Crippen LogP contribution in [-0.4, -0.2) is 48.3 Å². The van der Waals surface area contributed by atoms with E-state index in [1.807, 2.05) is 0 Å². The Labute approximate surface area is 243 Å². The number of carboxylic acids is 1. The van der Waals surface area contributed by atoms with Crippen molar-refractivity contribution in [3.05, 3.63) is 88.7 Å². The van der Waals surface area contributed by atoms with Gasteiger partial charge < -0.3 is 21.5 Å². The number of amides is 2. The summed E-state index contributed by atoms with van der Waals surface area (Å²) >= 11 is 6.28. The first-order valence-electron chi connectivity index (χ1n) is 11.7. The average Bonchev–Trinajstić information content (AvgIpc) is 2.88. The van der Waals surface area contributed by atoms with Gasteiger partial charge in [-0.15, -0.1) is 0 Å². The Hall–Kier alpha value is -4.50. The van der Waals surface area contributed by atoms with Crippen molar-refractivity contribution in [1.29, 1.82) is 5.41 Å². The average molecular weight is 628 g/mol. The third-order valence-corrected chi connectivity index (χ3v) is 7.48. The van der Waals surface area contributed by atoms with Gasteiger partial charge in [-0.2, -0.15) is 13.2 Å². The second-order valence-corrected chi connectivity index (χ2v) is 11.0. The van der Waals surface area contributed by atoms with Crippen LogP contribution in [0.1, 0.15) is 36.1 Å². The van der Waals surface area contributed by atoms with E-state index in [2.05, 4.69) is 15.6 Å². The minimum absolute atomic E-state index is 0.00609. The maximum absolute atomic E-state index is 12.8. The summed E-state index contributed by atoms with van der Waals surface area (Å²) in [6, 6.07) is 13.5. The molecule has 2 amide bonds. The van der Waals surface area contributed by atoms with Gasteiger partial charge in [-0.1, -0.05) is 17.7 Å². The third kappa shape index (κ3) is 10.5. The zero-order valence-electron chi connectivity index (χ0n) is 21.8. The molecule has 0 saturated heterocycles. The Morgan fingerprint density at radius 2 is 1.62 bits per heavy atom. The lowest BCUT2D eigenvalue weighted by molar-refractivity contribution is -0.192. The number of nitrogens with one attached hydrogen (secondary N) is 3. The van der Waals surface area contributed by atoms with Crippen molar-refractivity contribution in [1.82, 2.24) is 10.3 Å². The molecule has 16 heteroatoms. The lowest BCUT2D eigenvalue weighted by atomic mass is 10.1. The van der Waals surface area contributed by atoms with Crippen LogP contribution in [0.3, 0.4) is 0 Å². The number of sulfone groups is 1. The first-order valence-corrected chi connectivity index (χ1v) is 13.8. The van der Waals surface area contributed by atoms with E-state index in [1.54, 1.807) is 49.4 Å². The van der Waals surface area contributed by atoms with E-state index in [-0.39, 0.29) is 21.5 Å². The maximum Gasteiger partial charge on any atom is 0.490 e. The number of halogens is 4. The van der Waals surface area contributed by atoms with Gasteiger partial charge in [-0.25, -0.2) is 13.2 Å². The minimum atomic E-state index is -5.08. The molecule has 0 aliphatic carbocycles.